The van der Waals surface area contributed by atoms with Crippen LogP contribution in [-0.4, -0.2) is 11.1 Å². The number of benzene rings is 2. The Balaban J connectivity index is 2.07. The molecule has 0 saturated heterocycles. The first-order valence-corrected chi connectivity index (χ1v) is 6.55. The summed E-state index contributed by atoms with van der Waals surface area (Å²) in [5, 5.41) is 14.6. The fourth-order valence-electron chi connectivity index (χ4n) is 1.66. The van der Waals surface area contributed by atoms with E-state index in [0.29, 0.717) is 11.3 Å². The Labute approximate surface area is 133 Å². The number of hydrogen-bond acceptors (Lipinski definition) is 4. The number of halogens is 4. The zero-order chi connectivity index (χ0) is 17.0. The zero-order valence-corrected chi connectivity index (χ0v) is 12.1. The van der Waals surface area contributed by atoms with Crippen LogP contribution in [0.5, 0.6) is 0 Å². The van der Waals surface area contributed by atoms with Crippen LogP contribution in [-0.2, 0) is 6.18 Å². The normalized spacial score (nSPS) is 11.7. The van der Waals surface area contributed by atoms with Crippen LogP contribution in [0.2, 0.25) is 5.02 Å². The van der Waals surface area contributed by atoms with Gasteiger partial charge >= 0.3 is 6.18 Å². The number of nitro groups is 1. The lowest BCUT2D eigenvalue weighted by Gasteiger charge is -2.07. The van der Waals surface area contributed by atoms with Crippen LogP contribution in [0.4, 0.5) is 24.5 Å². The van der Waals surface area contributed by atoms with Gasteiger partial charge in [-0.05, 0) is 30.3 Å². The van der Waals surface area contributed by atoms with Crippen molar-refractivity contribution < 1.29 is 18.1 Å². The Morgan fingerprint density at radius 1 is 1.17 bits per heavy atom. The molecule has 2 rings (SSSR count). The van der Waals surface area contributed by atoms with Crippen molar-refractivity contribution in [3.63, 3.8) is 0 Å². The average Bonchev–Trinajstić information content (AvgIpc) is 2.48. The van der Waals surface area contributed by atoms with E-state index in [0.717, 1.165) is 12.1 Å². The molecule has 0 heterocycles. The molecule has 120 valence electrons. The van der Waals surface area contributed by atoms with Gasteiger partial charge in [0.25, 0.3) is 5.69 Å². The smallest absolute Gasteiger partial charge is 0.279 e. The standard InChI is InChI=1S/C14H9ClF3N3O2/c15-12-6-1-9(7-13(12)21(22)23)8-19-20-11-4-2-10(3-5-11)14(16,17)18/h1-8,20H. The third kappa shape index (κ3) is 4.43. The minimum Gasteiger partial charge on any atom is -0.279 e. The van der Waals surface area contributed by atoms with Crippen LogP contribution >= 0.6 is 11.6 Å². The molecule has 0 aliphatic rings. The van der Waals surface area contributed by atoms with Crippen LogP contribution in [0, 0.1) is 10.1 Å². The molecule has 0 saturated carbocycles. The number of nitrogens with one attached hydrogen (secondary N) is 1. The predicted molar refractivity (Wildman–Crippen MR) is 80.8 cm³/mol. The Hall–Kier alpha value is -2.61. The monoisotopic (exact) mass is 343 g/mol. The third-order valence-corrected chi connectivity index (χ3v) is 3.11. The molecule has 0 unspecified atom stereocenters. The highest BCUT2D eigenvalue weighted by Gasteiger charge is 2.29. The maximum atomic E-state index is 12.4. The first kappa shape index (κ1) is 16.8. The molecule has 0 fully saturated rings. The Bertz CT molecular complexity index is 746. The van der Waals surface area contributed by atoms with Gasteiger partial charge in [-0.25, -0.2) is 0 Å². The highest BCUT2D eigenvalue weighted by molar-refractivity contribution is 6.32. The molecule has 0 amide bonds. The fraction of sp³-hybridized carbons (Fsp3) is 0.0714. The molecule has 2 aromatic rings. The van der Waals surface area contributed by atoms with E-state index in [9.17, 15) is 23.3 Å². The molecule has 2 aromatic carbocycles. The molecule has 5 nitrogen and oxygen atoms in total. The number of alkyl halides is 3. The summed E-state index contributed by atoms with van der Waals surface area (Å²) in [6.07, 6.45) is -3.11. The molecule has 9 heteroatoms. The summed E-state index contributed by atoms with van der Waals surface area (Å²) in [6, 6.07) is 8.41. The Morgan fingerprint density at radius 2 is 1.83 bits per heavy atom. The number of nitro benzene ring substituents is 1. The first-order chi connectivity index (χ1) is 10.8. The molecular formula is C14H9ClF3N3O2. The molecular weight excluding hydrogens is 335 g/mol. The molecule has 0 atom stereocenters. The van der Waals surface area contributed by atoms with Gasteiger partial charge < -0.3 is 0 Å². The highest BCUT2D eigenvalue weighted by Crippen LogP contribution is 2.29. The fourth-order valence-corrected chi connectivity index (χ4v) is 1.85. The van der Waals surface area contributed by atoms with Crippen LogP contribution in [0.3, 0.4) is 0 Å². The van der Waals surface area contributed by atoms with Gasteiger partial charge in [-0.2, -0.15) is 18.3 Å². The average molecular weight is 344 g/mol. The van der Waals surface area contributed by atoms with E-state index < -0.39 is 16.7 Å². The minimum absolute atomic E-state index is 0.00264. The van der Waals surface area contributed by atoms with Crippen molar-refractivity contribution in [3.8, 4) is 0 Å². The summed E-state index contributed by atoms with van der Waals surface area (Å²) >= 11 is 5.68. The lowest BCUT2D eigenvalue weighted by atomic mass is 10.2. The van der Waals surface area contributed by atoms with Gasteiger partial charge in [0.1, 0.15) is 5.02 Å². The zero-order valence-electron chi connectivity index (χ0n) is 11.3. The third-order valence-electron chi connectivity index (χ3n) is 2.79. The van der Waals surface area contributed by atoms with Gasteiger partial charge in [0.15, 0.2) is 0 Å². The summed E-state index contributed by atoms with van der Waals surface area (Å²) in [5.41, 5.74) is 2.27. The van der Waals surface area contributed by atoms with Crippen molar-refractivity contribution in [1.29, 1.82) is 0 Å². The predicted octanol–water partition coefficient (Wildman–Crippen LogP) is 4.71. The van der Waals surface area contributed by atoms with Crippen molar-refractivity contribution in [1.82, 2.24) is 0 Å². The van der Waals surface area contributed by atoms with Crippen LogP contribution in [0.25, 0.3) is 0 Å². The van der Waals surface area contributed by atoms with Crippen molar-refractivity contribution >= 4 is 29.2 Å². The second kappa shape index (κ2) is 6.66. The highest BCUT2D eigenvalue weighted by atomic mass is 35.5. The quantitative estimate of drug-likeness (QED) is 0.496. The van der Waals surface area contributed by atoms with Gasteiger partial charge in [-0.3, -0.25) is 15.5 Å². The Morgan fingerprint density at radius 3 is 2.39 bits per heavy atom. The summed E-state index contributed by atoms with van der Waals surface area (Å²) in [5.74, 6) is 0. The second-order valence-corrected chi connectivity index (χ2v) is 4.82. The van der Waals surface area contributed by atoms with Crippen LogP contribution in [0.15, 0.2) is 47.6 Å². The van der Waals surface area contributed by atoms with E-state index in [1.165, 1.54) is 36.5 Å². The van der Waals surface area contributed by atoms with Gasteiger partial charge in [-0.1, -0.05) is 17.7 Å². The summed E-state index contributed by atoms with van der Waals surface area (Å²) < 4.78 is 37.2. The van der Waals surface area contributed by atoms with Crippen LogP contribution < -0.4 is 5.43 Å². The van der Waals surface area contributed by atoms with Gasteiger partial charge in [-0.15, -0.1) is 0 Å². The summed E-state index contributed by atoms with van der Waals surface area (Å²) in [6.45, 7) is 0. The van der Waals surface area contributed by atoms with Crippen molar-refractivity contribution in [2.45, 2.75) is 6.18 Å². The van der Waals surface area contributed by atoms with E-state index in [1.807, 2.05) is 0 Å². The molecule has 0 bridgehead atoms. The van der Waals surface area contributed by atoms with Crippen molar-refractivity contribution in [2.24, 2.45) is 5.10 Å². The number of anilines is 1. The van der Waals surface area contributed by atoms with E-state index in [-0.39, 0.29) is 10.7 Å². The Kier molecular flexibility index (Phi) is 4.85. The lowest BCUT2D eigenvalue weighted by Crippen LogP contribution is -2.04. The van der Waals surface area contributed by atoms with E-state index in [2.05, 4.69) is 10.5 Å². The maximum Gasteiger partial charge on any atom is 0.416 e. The molecule has 0 aliphatic heterocycles. The molecule has 0 spiro atoms. The van der Waals surface area contributed by atoms with E-state index in [4.69, 9.17) is 11.6 Å². The number of hydrazone groups is 1. The minimum atomic E-state index is -4.40. The lowest BCUT2D eigenvalue weighted by molar-refractivity contribution is -0.384. The SMILES string of the molecule is O=[N+]([O-])c1cc(C=NNc2ccc(C(F)(F)F)cc2)ccc1Cl. The summed E-state index contributed by atoms with van der Waals surface area (Å²) in [7, 11) is 0. The topological polar surface area (TPSA) is 67.5 Å². The molecule has 0 aromatic heterocycles. The molecule has 0 radical (unpaired) electrons. The van der Waals surface area contributed by atoms with Crippen molar-refractivity contribution in [2.75, 3.05) is 5.43 Å². The summed E-state index contributed by atoms with van der Waals surface area (Å²) in [4.78, 5) is 10.1. The first-order valence-electron chi connectivity index (χ1n) is 6.17. The second-order valence-electron chi connectivity index (χ2n) is 4.41. The largest absolute Gasteiger partial charge is 0.416 e. The molecule has 23 heavy (non-hydrogen) atoms. The molecule has 0 aliphatic carbocycles. The number of nitrogens with zero attached hydrogens (tertiary/aromatic N) is 2. The van der Waals surface area contributed by atoms with Gasteiger partial charge in [0, 0.05) is 11.6 Å². The number of rotatable bonds is 4. The van der Waals surface area contributed by atoms with E-state index >= 15 is 0 Å². The number of hydrogen-bond donors (Lipinski definition) is 1. The van der Waals surface area contributed by atoms with E-state index in [1.54, 1.807) is 0 Å². The maximum absolute atomic E-state index is 12.4. The van der Waals surface area contributed by atoms with Crippen molar-refractivity contribution in [3.05, 3.63) is 68.7 Å². The van der Waals surface area contributed by atoms with Crippen LogP contribution in [0.1, 0.15) is 11.1 Å². The van der Waals surface area contributed by atoms with Gasteiger partial charge in [0.05, 0.1) is 22.4 Å². The van der Waals surface area contributed by atoms with Gasteiger partial charge in [0.2, 0.25) is 0 Å². The molecule has 1 N–H and O–H groups in total.